The van der Waals surface area contributed by atoms with E-state index in [9.17, 15) is 5.11 Å². The van der Waals surface area contributed by atoms with Gasteiger partial charge >= 0.3 is 0 Å². The average Bonchev–Trinajstić information content (AvgIpc) is 2.96. The summed E-state index contributed by atoms with van der Waals surface area (Å²) >= 11 is 0. The minimum Gasteiger partial charge on any atom is -0.388 e. The van der Waals surface area contributed by atoms with Gasteiger partial charge in [0.05, 0.1) is 12.6 Å². The third-order valence-corrected chi connectivity index (χ3v) is 3.60. The van der Waals surface area contributed by atoms with Gasteiger partial charge < -0.3 is 9.67 Å². The van der Waals surface area contributed by atoms with Gasteiger partial charge in [0.2, 0.25) is 0 Å². The average molecular weight is 246 g/mol. The third-order valence-electron chi connectivity index (χ3n) is 3.60. The maximum atomic E-state index is 9.96. The van der Waals surface area contributed by atoms with Gasteiger partial charge in [0.15, 0.2) is 0 Å². The molecule has 0 aromatic carbocycles. The van der Waals surface area contributed by atoms with E-state index in [-0.39, 0.29) is 6.10 Å². The van der Waals surface area contributed by atoms with E-state index in [0.717, 1.165) is 37.2 Å². The molecule has 0 saturated carbocycles. The second kappa shape index (κ2) is 4.57. The summed E-state index contributed by atoms with van der Waals surface area (Å²) in [5.41, 5.74) is 2.36. The lowest BCUT2D eigenvalue weighted by molar-refractivity contribution is 0.157. The molecule has 1 aliphatic carbocycles. The quantitative estimate of drug-likeness (QED) is 0.893. The summed E-state index contributed by atoms with van der Waals surface area (Å²) < 4.78 is 4.00. The van der Waals surface area contributed by atoms with Crippen molar-refractivity contribution in [1.29, 1.82) is 0 Å². The van der Waals surface area contributed by atoms with Gasteiger partial charge in [-0.25, -0.2) is 9.67 Å². The van der Waals surface area contributed by atoms with Crippen molar-refractivity contribution in [2.24, 2.45) is 0 Å². The molecule has 1 atom stereocenters. The fourth-order valence-corrected chi connectivity index (χ4v) is 2.65. The Balaban J connectivity index is 1.85. The zero-order chi connectivity index (χ0) is 12.5. The number of aromatic nitrogens is 4. The Hall–Kier alpha value is -1.62. The first-order valence-electron chi connectivity index (χ1n) is 6.51. The SMILES string of the molecule is CCn1ncnc1Cn1cc2c(c1)C(O)CCC2. The Morgan fingerprint density at radius 1 is 1.44 bits per heavy atom. The molecule has 0 fully saturated rings. The largest absolute Gasteiger partial charge is 0.388 e. The van der Waals surface area contributed by atoms with Crippen LogP contribution in [0.5, 0.6) is 0 Å². The molecule has 2 aromatic heterocycles. The van der Waals surface area contributed by atoms with E-state index in [1.807, 2.05) is 10.9 Å². The highest BCUT2D eigenvalue weighted by atomic mass is 16.3. The number of aliphatic hydroxyl groups is 1. The van der Waals surface area contributed by atoms with E-state index in [0.29, 0.717) is 6.54 Å². The first-order valence-corrected chi connectivity index (χ1v) is 6.51. The number of nitrogens with zero attached hydrogens (tertiary/aromatic N) is 4. The van der Waals surface area contributed by atoms with Crippen molar-refractivity contribution < 1.29 is 5.11 Å². The van der Waals surface area contributed by atoms with E-state index in [1.54, 1.807) is 6.33 Å². The first kappa shape index (κ1) is 11.5. The summed E-state index contributed by atoms with van der Waals surface area (Å²) in [6.45, 7) is 3.61. The van der Waals surface area contributed by atoms with E-state index < -0.39 is 0 Å². The molecular formula is C13H18N4O. The highest BCUT2D eigenvalue weighted by molar-refractivity contribution is 5.29. The predicted octanol–water partition coefficient (Wildman–Crippen LogP) is 1.52. The van der Waals surface area contributed by atoms with Gasteiger partial charge in [-0.3, -0.25) is 0 Å². The molecule has 0 spiro atoms. The van der Waals surface area contributed by atoms with Crippen molar-refractivity contribution in [3.8, 4) is 0 Å². The molecule has 0 aliphatic heterocycles. The lowest BCUT2D eigenvalue weighted by Crippen LogP contribution is -2.08. The molecule has 0 amide bonds. The minimum atomic E-state index is -0.293. The molecule has 18 heavy (non-hydrogen) atoms. The number of hydrogen-bond donors (Lipinski definition) is 1. The molecule has 1 N–H and O–H groups in total. The fraction of sp³-hybridized carbons (Fsp3) is 0.538. The molecule has 0 bridgehead atoms. The van der Waals surface area contributed by atoms with Gasteiger partial charge in [-0.2, -0.15) is 5.10 Å². The van der Waals surface area contributed by atoms with Gasteiger partial charge in [0.25, 0.3) is 0 Å². The molecule has 2 aromatic rings. The summed E-state index contributed by atoms with van der Waals surface area (Å²) in [6, 6.07) is 0. The van der Waals surface area contributed by atoms with Crippen LogP contribution >= 0.6 is 0 Å². The summed E-state index contributed by atoms with van der Waals surface area (Å²) in [4.78, 5) is 4.28. The van der Waals surface area contributed by atoms with Crippen molar-refractivity contribution in [3.05, 3.63) is 35.7 Å². The number of rotatable bonds is 3. The standard InChI is InChI=1S/C13H18N4O/c1-2-17-13(14-9-15-17)8-16-6-10-4-3-5-12(18)11(10)7-16/h6-7,9,12,18H,2-5,8H2,1H3. The van der Waals surface area contributed by atoms with Crippen molar-refractivity contribution in [3.63, 3.8) is 0 Å². The summed E-state index contributed by atoms with van der Waals surface area (Å²) in [5.74, 6) is 0.958. The molecule has 0 radical (unpaired) electrons. The number of aryl methyl sites for hydroxylation is 2. The summed E-state index contributed by atoms with van der Waals surface area (Å²) in [5, 5.41) is 14.1. The van der Waals surface area contributed by atoms with Crippen LogP contribution in [0, 0.1) is 0 Å². The zero-order valence-electron chi connectivity index (χ0n) is 10.6. The van der Waals surface area contributed by atoms with Crippen molar-refractivity contribution in [2.45, 2.75) is 45.4 Å². The van der Waals surface area contributed by atoms with Crippen molar-refractivity contribution in [2.75, 3.05) is 0 Å². The molecule has 0 saturated heterocycles. The maximum Gasteiger partial charge on any atom is 0.146 e. The normalized spacial score (nSPS) is 18.9. The van der Waals surface area contributed by atoms with Gasteiger partial charge in [-0.1, -0.05) is 0 Å². The molecule has 5 nitrogen and oxygen atoms in total. The first-order chi connectivity index (χ1) is 8.78. The van der Waals surface area contributed by atoms with E-state index >= 15 is 0 Å². The van der Waals surface area contributed by atoms with Gasteiger partial charge in [0.1, 0.15) is 12.2 Å². The molecule has 96 valence electrons. The van der Waals surface area contributed by atoms with E-state index in [2.05, 4.69) is 27.8 Å². The van der Waals surface area contributed by atoms with Crippen LogP contribution in [0.2, 0.25) is 0 Å². The Kier molecular flexibility index (Phi) is 2.91. The van der Waals surface area contributed by atoms with E-state index in [1.165, 1.54) is 5.56 Å². The molecule has 3 rings (SSSR count). The number of fused-ring (bicyclic) bond motifs is 1. The van der Waals surface area contributed by atoms with E-state index in [4.69, 9.17) is 0 Å². The van der Waals surface area contributed by atoms with Crippen LogP contribution in [0.3, 0.4) is 0 Å². The van der Waals surface area contributed by atoms with Crippen LogP contribution in [-0.4, -0.2) is 24.4 Å². The van der Waals surface area contributed by atoms with Crippen LogP contribution in [0.15, 0.2) is 18.7 Å². The molecule has 5 heteroatoms. The van der Waals surface area contributed by atoms with Crippen LogP contribution in [0.25, 0.3) is 0 Å². The van der Waals surface area contributed by atoms with Crippen molar-refractivity contribution in [1.82, 2.24) is 19.3 Å². The molecule has 1 aliphatic rings. The molecule has 2 heterocycles. The predicted molar refractivity (Wildman–Crippen MR) is 67.1 cm³/mol. The fourth-order valence-electron chi connectivity index (χ4n) is 2.65. The second-order valence-electron chi connectivity index (χ2n) is 4.81. The Bertz CT molecular complexity index is 543. The Morgan fingerprint density at radius 2 is 2.33 bits per heavy atom. The summed E-state index contributed by atoms with van der Waals surface area (Å²) in [7, 11) is 0. The third kappa shape index (κ3) is 1.95. The molecular weight excluding hydrogens is 228 g/mol. The van der Waals surface area contributed by atoms with Crippen LogP contribution in [-0.2, 0) is 19.5 Å². The minimum absolute atomic E-state index is 0.293. The van der Waals surface area contributed by atoms with Crippen LogP contribution < -0.4 is 0 Å². The lowest BCUT2D eigenvalue weighted by atomic mass is 9.93. The van der Waals surface area contributed by atoms with Gasteiger partial charge in [-0.05, 0) is 31.7 Å². The zero-order valence-corrected chi connectivity index (χ0v) is 10.6. The summed E-state index contributed by atoms with van der Waals surface area (Å²) in [6.07, 6.45) is 8.50. The smallest absolute Gasteiger partial charge is 0.146 e. The number of aliphatic hydroxyl groups excluding tert-OH is 1. The topological polar surface area (TPSA) is 55.9 Å². The Morgan fingerprint density at radius 3 is 3.11 bits per heavy atom. The monoisotopic (exact) mass is 246 g/mol. The highest BCUT2D eigenvalue weighted by Crippen LogP contribution is 2.30. The number of hydrogen-bond acceptors (Lipinski definition) is 3. The van der Waals surface area contributed by atoms with Gasteiger partial charge in [0, 0.05) is 24.5 Å². The van der Waals surface area contributed by atoms with Crippen LogP contribution in [0.1, 0.15) is 42.8 Å². The Labute approximate surface area is 106 Å². The molecule has 1 unspecified atom stereocenters. The van der Waals surface area contributed by atoms with Crippen molar-refractivity contribution >= 4 is 0 Å². The maximum absolute atomic E-state index is 9.96. The lowest BCUT2D eigenvalue weighted by Gasteiger charge is -2.16. The second-order valence-corrected chi connectivity index (χ2v) is 4.81. The van der Waals surface area contributed by atoms with Gasteiger partial charge in [-0.15, -0.1) is 0 Å². The highest BCUT2D eigenvalue weighted by Gasteiger charge is 2.20. The van der Waals surface area contributed by atoms with Crippen LogP contribution in [0.4, 0.5) is 0 Å².